The number of esters is 1. The fourth-order valence-electron chi connectivity index (χ4n) is 3.05. The molecule has 0 fully saturated rings. The van der Waals surface area contributed by atoms with Gasteiger partial charge in [-0.2, -0.15) is 5.10 Å². The van der Waals surface area contributed by atoms with Crippen molar-refractivity contribution in [2.24, 2.45) is 5.10 Å². The Balaban J connectivity index is 1.41. The minimum absolute atomic E-state index is 0.232. The maximum atomic E-state index is 12.3. The molecule has 0 spiro atoms. The molecule has 0 aliphatic rings. The summed E-state index contributed by atoms with van der Waals surface area (Å²) in [5.41, 5.74) is 3.85. The summed E-state index contributed by atoms with van der Waals surface area (Å²) in [6.07, 6.45) is 2.34. The predicted molar refractivity (Wildman–Crippen MR) is 139 cm³/mol. The van der Waals surface area contributed by atoms with Crippen LogP contribution in [0.1, 0.15) is 46.5 Å². The monoisotopic (exact) mass is 503 g/mol. The van der Waals surface area contributed by atoms with Crippen molar-refractivity contribution < 1.29 is 28.6 Å². The summed E-state index contributed by atoms with van der Waals surface area (Å²) < 4.78 is 16.2. The lowest BCUT2D eigenvalue weighted by atomic mass is 10.2. The van der Waals surface area contributed by atoms with Gasteiger partial charge in [-0.25, -0.2) is 10.2 Å². The van der Waals surface area contributed by atoms with E-state index in [4.69, 9.17) is 14.2 Å². The Labute approximate surface area is 215 Å². The van der Waals surface area contributed by atoms with Crippen molar-refractivity contribution >= 4 is 24.0 Å². The van der Waals surface area contributed by atoms with E-state index in [0.717, 1.165) is 6.42 Å². The van der Waals surface area contributed by atoms with Crippen molar-refractivity contribution in [1.82, 2.24) is 10.7 Å². The highest BCUT2D eigenvalue weighted by molar-refractivity contribution is 5.96. The van der Waals surface area contributed by atoms with Crippen LogP contribution in [0.5, 0.6) is 17.2 Å². The number of rotatable bonds is 12. The van der Waals surface area contributed by atoms with Crippen LogP contribution in [0.3, 0.4) is 0 Å². The Kier molecular flexibility index (Phi) is 10.2. The molecule has 0 heterocycles. The van der Waals surface area contributed by atoms with Crippen LogP contribution in [0, 0.1) is 0 Å². The number of carbonyl (C=O) groups is 3. The SMILES string of the molecule is CCCOc1ccc(C(=O)Oc2ccc(C=NNC(=O)CNC(=O)c3ccc(OCC)cc3)cc2)cc1. The molecule has 0 aliphatic carbocycles. The maximum absolute atomic E-state index is 12.3. The number of nitrogens with one attached hydrogen (secondary N) is 2. The van der Waals surface area contributed by atoms with Crippen LogP contribution in [0.15, 0.2) is 77.9 Å². The summed E-state index contributed by atoms with van der Waals surface area (Å²) in [4.78, 5) is 36.5. The molecule has 9 nitrogen and oxygen atoms in total. The smallest absolute Gasteiger partial charge is 0.343 e. The summed E-state index contributed by atoms with van der Waals surface area (Å²) in [7, 11) is 0. The van der Waals surface area contributed by atoms with Crippen molar-refractivity contribution in [3.05, 3.63) is 89.5 Å². The molecular weight excluding hydrogens is 474 g/mol. The van der Waals surface area contributed by atoms with Gasteiger partial charge in [0.05, 0.1) is 31.5 Å². The molecule has 0 radical (unpaired) electrons. The molecule has 2 amide bonds. The molecule has 0 unspecified atom stereocenters. The molecule has 0 bridgehead atoms. The van der Waals surface area contributed by atoms with E-state index < -0.39 is 11.9 Å². The average molecular weight is 504 g/mol. The van der Waals surface area contributed by atoms with Gasteiger partial charge >= 0.3 is 5.97 Å². The lowest BCUT2D eigenvalue weighted by molar-refractivity contribution is -0.120. The summed E-state index contributed by atoms with van der Waals surface area (Å²) in [6, 6.07) is 20.0. The fraction of sp³-hybridized carbons (Fsp3) is 0.214. The molecule has 0 aliphatic heterocycles. The summed E-state index contributed by atoms with van der Waals surface area (Å²) >= 11 is 0. The Bertz CT molecular complexity index is 1210. The number of benzene rings is 3. The molecule has 3 aromatic carbocycles. The van der Waals surface area contributed by atoms with Gasteiger partial charge in [0.1, 0.15) is 17.2 Å². The highest BCUT2D eigenvalue weighted by Gasteiger charge is 2.10. The molecule has 3 rings (SSSR count). The highest BCUT2D eigenvalue weighted by Crippen LogP contribution is 2.17. The number of nitrogens with zero attached hydrogens (tertiary/aromatic N) is 1. The standard InChI is InChI=1S/C28H29N3O6/c1-3-17-36-24-15-9-22(10-16-24)28(34)37-25-11-5-20(6-12-25)18-30-31-26(32)19-29-27(33)21-7-13-23(14-8-21)35-4-2/h5-16,18H,3-4,17,19H2,1-2H3,(H,29,33)(H,31,32). The van der Waals surface area contributed by atoms with Crippen LogP contribution in [0.2, 0.25) is 0 Å². The van der Waals surface area contributed by atoms with E-state index in [0.29, 0.717) is 47.2 Å². The quantitative estimate of drug-likeness (QED) is 0.167. The van der Waals surface area contributed by atoms with Crippen LogP contribution >= 0.6 is 0 Å². The van der Waals surface area contributed by atoms with Crippen molar-refractivity contribution in [2.45, 2.75) is 20.3 Å². The Morgan fingerprint density at radius 1 is 0.784 bits per heavy atom. The highest BCUT2D eigenvalue weighted by atomic mass is 16.5. The average Bonchev–Trinajstić information content (AvgIpc) is 2.92. The molecule has 2 N–H and O–H groups in total. The van der Waals surface area contributed by atoms with Gasteiger partial charge in [0.2, 0.25) is 0 Å². The van der Waals surface area contributed by atoms with E-state index in [2.05, 4.69) is 15.8 Å². The van der Waals surface area contributed by atoms with Gasteiger partial charge in [-0.1, -0.05) is 6.92 Å². The van der Waals surface area contributed by atoms with E-state index in [1.54, 1.807) is 72.8 Å². The van der Waals surface area contributed by atoms with E-state index in [-0.39, 0.29) is 12.5 Å². The van der Waals surface area contributed by atoms with Crippen LogP contribution in [-0.4, -0.2) is 43.8 Å². The van der Waals surface area contributed by atoms with Crippen molar-refractivity contribution in [3.8, 4) is 17.2 Å². The Morgan fingerprint density at radius 2 is 1.38 bits per heavy atom. The zero-order valence-electron chi connectivity index (χ0n) is 20.7. The third-order valence-electron chi connectivity index (χ3n) is 4.89. The fourth-order valence-corrected chi connectivity index (χ4v) is 3.05. The number of hydrazone groups is 1. The number of carbonyl (C=O) groups excluding carboxylic acids is 3. The predicted octanol–water partition coefficient (Wildman–Crippen LogP) is 3.97. The van der Waals surface area contributed by atoms with Gasteiger partial charge in [-0.3, -0.25) is 9.59 Å². The molecule has 0 saturated carbocycles. The number of hydrogen-bond acceptors (Lipinski definition) is 7. The van der Waals surface area contributed by atoms with Crippen molar-refractivity contribution in [3.63, 3.8) is 0 Å². The first kappa shape index (κ1) is 26.9. The number of ether oxygens (including phenoxy) is 3. The van der Waals surface area contributed by atoms with Crippen LogP contribution in [-0.2, 0) is 4.79 Å². The summed E-state index contributed by atoms with van der Waals surface area (Å²) in [6.45, 7) is 4.82. The van der Waals surface area contributed by atoms with Crippen LogP contribution in [0.4, 0.5) is 0 Å². The molecule has 9 heteroatoms. The van der Waals surface area contributed by atoms with Gasteiger partial charge in [0, 0.05) is 5.56 Å². The van der Waals surface area contributed by atoms with Crippen LogP contribution < -0.4 is 25.0 Å². The number of amides is 2. The van der Waals surface area contributed by atoms with Gasteiger partial charge in [-0.15, -0.1) is 0 Å². The zero-order valence-corrected chi connectivity index (χ0v) is 20.7. The topological polar surface area (TPSA) is 115 Å². The summed E-state index contributed by atoms with van der Waals surface area (Å²) in [5, 5.41) is 6.41. The van der Waals surface area contributed by atoms with E-state index in [1.165, 1.54) is 6.21 Å². The lowest BCUT2D eigenvalue weighted by Crippen LogP contribution is -2.34. The molecule has 37 heavy (non-hydrogen) atoms. The second-order valence-electron chi connectivity index (χ2n) is 7.76. The molecule has 0 aromatic heterocycles. The first-order valence-electron chi connectivity index (χ1n) is 11.9. The largest absolute Gasteiger partial charge is 0.494 e. The van der Waals surface area contributed by atoms with E-state index in [9.17, 15) is 14.4 Å². The van der Waals surface area contributed by atoms with Crippen LogP contribution in [0.25, 0.3) is 0 Å². The van der Waals surface area contributed by atoms with Gasteiger partial charge < -0.3 is 19.5 Å². The van der Waals surface area contributed by atoms with Crippen molar-refractivity contribution in [2.75, 3.05) is 19.8 Å². The summed E-state index contributed by atoms with van der Waals surface area (Å²) in [5.74, 6) is 0.391. The number of hydrogen-bond donors (Lipinski definition) is 2. The Morgan fingerprint density at radius 3 is 2.00 bits per heavy atom. The van der Waals surface area contributed by atoms with E-state index in [1.807, 2.05) is 13.8 Å². The zero-order chi connectivity index (χ0) is 26.5. The first-order valence-corrected chi connectivity index (χ1v) is 11.9. The minimum Gasteiger partial charge on any atom is -0.494 e. The van der Waals surface area contributed by atoms with Gasteiger partial charge in [-0.05, 0) is 91.7 Å². The van der Waals surface area contributed by atoms with Gasteiger partial charge in [0.25, 0.3) is 11.8 Å². The third kappa shape index (κ3) is 8.81. The van der Waals surface area contributed by atoms with Gasteiger partial charge in [0.15, 0.2) is 0 Å². The first-order chi connectivity index (χ1) is 18.0. The maximum Gasteiger partial charge on any atom is 0.343 e. The van der Waals surface area contributed by atoms with E-state index >= 15 is 0 Å². The second-order valence-corrected chi connectivity index (χ2v) is 7.76. The van der Waals surface area contributed by atoms with Crippen molar-refractivity contribution in [1.29, 1.82) is 0 Å². The minimum atomic E-state index is -0.483. The molecular formula is C28H29N3O6. The molecule has 0 atom stereocenters. The Hall–Kier alpha value is -4.66. The molecule has 0 saturated heterocycles. The molecule has 3 aromatic rings. The second kappa shape index (κ2) is 14.0. The lowest BCUT2D eigenvalue weighted by Gasteiger charge is -2.07. The molecule has 192 valence electrons. The third-order valence-corrected chi connectivity index (χ3v) is 4.89. The normalized spacial score (nSPS) is 10.5.